The Morgan fingerprint density at radius 2 is 2.55 bits per heavy atom. The molecule has 1 aliphatic heterocycles. The molecule has 0 spiro atoms. The molecular weight excluding hydrogens is 136 g/mol. The van der Waals surface area contributed by atoms with Crippen molar-refractivity contribution >= 4 is 0 Å². The fourth-order valence-corrected chi connectivity index (χ4v) is 1.68. The van der Waals surface area contributed by atoms with Crippen LogP contribution in [0.15, 0.2) is 0 Å². The molecule has 1 rings (SSSR count). The largest absolute Gasteiger partial charge is 0.316 e. The molecule has 0 amide bonds. The Morgan fingerprint density at radius 3 is 3.09 bits per heavy atom. The Hall–Kier alpha value is -0.550. The van der Waals surface area contributed by atoms with E-state index in [2.05, 4.69) is 18.3 Å². The fraction of sp³-hybridized carbons (Fsp3) is 0.889. The van der Waals surface area contributed by atoms with Gasteiger partial charge in [-0.3, -0.25) is 0 Å². The SMILES string of the molecule is CC(CC#N)C1CCCNC1. The van der Waals surface area contributed by atoms with Crippen LogP contribution in [0.5, 0.6) is 0 Å². The molecule has 11 heavy (non-hydrogen) atoms. The molecule has 0 aliphatic carbocycles. The van der Waals surface area contributed by atoms with Crippen molar-refractivity contribution in [2.24, 2.45) is 11.8 Å². The molecule has 0 aromatic carbocycles. The van der Waals surface area contributed by atoms with Crippen molar-refractivity contribution < 1.29 is 0 Å². The van der Waals surface area contributed by atoms with Gasteiger partial charge < -0.3 is 5.32 Å². The smallest absolute Gasteiger partial charge is 0.0624 e. The van der Waals surface area contributed by atoms with Crippen LogP contribution in [-0.4, -0.2) is 13.1 Å². The van der Waals surface area contributed by atoms with Gasteiger partial charge >= 0.3 is 0 Å². The highest BCUT2D eigenvalue weighted by Crippen LogP contribution is 2.21. The van der Waals surface area contributed by atoms with Crippen LogP contribution in [0.2, 0.25) is 0 Å². The first kappa shape index (κ1) is 8.55. The van der Waals surface area contributed by atoms with Crippen molar-refractivity contribution in [3.8, 4) is 6.07 Å². The van der Waals surface area contributed by atoms with E-state index in [1.165, 1.54) is 12.8 Å². The molecule has 0 radical (unpaired) electrons. The predicted octanol–water partition coefficient (Wildman–Crippen LogP) is 1.54. The standard InChI is InChI=1S/C9H16N2/c1-8(4-5-10)9-3-2-6-11-7-9/h8-9,11H,2-4,6-7H2,1H3. The number of hydrogen-bond acceptors (Lipinski definition) is 2. The molecule has 2 nitrogen and oxygen atoms in total. The number of piperidine rings is 1. The maximum absolute atomic E-state index is 8.50. The van der Waals surface area contributed by atoms with Crippen LogP contribution in [0.25, 0.3) is 0 Å². The normalized spacial score (nSPS) is 27.5. The highest BCUT2D eigenvalue weighted by molar-refractivity contribution is 4.81. The van der Waals surface area contributed by atoms with E-state index in [1.807, 2.05) is 0 Å². The monoisotopic (exact) mass is 152 g/mol. The molecular formula is C9H16N2. The summed E-state index contributed by atoms with van der Waals surface area (Å²) in [6.45, 7) is 4.46. The van der Waals surface area contributed by atoms with E-state index in [-0.39, 0.29) is 0 Å². The Bertz CT molecular complexity index is 142. The van der Waals surface area contributed by atoms with Crippen LogP contribution in [0.4, 0.5) is 0 Å². The maximum Gasteiger partial charge on any atom is 0.0624 e. The molecule has 1 heterocycles. The molecule has 2 unspecified atom stereocenters. The van der Waals surface area contributed by atoms with Crippen molar-refractivity contribution in [2.75, 3.05) is 13.1 Å². The minimum absolute atomic E-state index is 0.577. The van der Waals surface area contributed by atoms with Gasteiger partial charge in [0.1, 0.15) is 0 Å². The second-order valence-electron chi connectivity index (χ2n) is 3.45. The lowest BCUT2D eigenvalue weighted by atomic mass is 9.86. The Balaban J connectivity index is 2.27. The average molecular weight is 152 g/mol. The number of hydrogen-bond donors (Lipinski definition) is 1. The summed E-state index contributed by atoms with van der Waals surface area (Å²) in [6.07, 6.45) is 3.29. The van der Waals surface area contributed by atoms with Crippen LogP contribution < -0.4 is 5.32 Å². The highest BCUT2D eigenvalue weighted by Gasteiger charge is 2.18. The molecule has 0 saturated carbocycles. The average Bonchev–Trinajstić information content (AvgIpc) is 2.07. The van der Waals surface area contributed by atoms with Gasteiger partial charge in [-0.15, -0.1) is 0 Å². The number of nitrogens with one attached hydrogen (secondary N) is 1. The zero-order valence-corrected chi connectivity index (χ0v) is 7.14. The van der Waals surface area contributed by atoms with Crippen LogP contribution >= 0.6 is 0 Å². The summed E-state index contributed by atoms with van der Waals surface area (Å²) in [6, 6.07) is 2.24. The molecule has 0 aromatic heterocycles. The van der Waals surface area contributed by atoms with E-state index in [1.54, 1.807) is 0 Å². The van der Waals surface area contributed by atoms with E-state index >= 15 is 0 Å². The van der Waals surface area contributed by atoms with Crippen molar-refractivity contribution in [2.45, 2.75) is 26.2 Å². The fourth-order valence-electron chi connectivity index (χ4n) is 1.68. The van der Waals surface area contributed by atoms with E-state index in [4.69, 9.17) is 5.26 Å². The van der Waals surface area contributed by atoms with Crippen LogP contribution in [-0.2, 0) is 0 Å². The lowest BCUT2D eigenvalue weighted by Crippen LogP contribution is -2.33. The minimum Gasteiger partial charge on any atom is -0.316 e. The van der Waals surface area contributed by atoms with Crippen LogP contribution in [0.3, 0.4) is 0 Å². The van der Waals surface area contributed by atoms with Crippen LogP contribution in [0, 0.1) is 23.2 Å². The second-order valence-corrected chi connectivity index (χ2v) is 3.45. The number of rotatable bonds is 2. The molecule has 1 aliphatic rings. The van der Waals surface area contributed by atoms with Crippen molar-refractivity contribution in [3.05, 3.63) is 0 Å². The van der Waals surface area contributed by atoms with E-state index in [0.29, 0.717) is 12.3 Å². The summed E-state index contributed by atoms with van der Waals surface area (Å²) in [5, 5.41) is 11.9. The molecule has 0 aromatic rings. The summed E-state index contributed by atoms with van der Waals surface area (Å²) in [4.78, 5) is 0. The van der Waals surface area contributed by atoms with Gasteiger partial charge in [0.25, 0.3) is 0 Å². The first-order valence-electron chi connectivity index (χ1n) is 4.42. The van der Waals surface area contributed by atoms with Crippen molar-refractivity contribution in [3.63, 3.8) is 0 Å². The molecule has 62 valence electrons. The van der Waals surface area contributed by atoms with Gasteiger partial charge in [0.05, 0.1) is 6.07 Å². The number of nitriles is 1. The zero-order chi connectivity index (χ0) is 8.10. The topological polar surface area (TPSA) is 35.8 Å². The van der Waals surface area contributed by atoms with Crippen LogP contribution in [0.1, 0.15) is 26.2 Å². The minimum atomic E-state index is 0.577. The lowest BCUT2D eigenvalue weighted by molar-refractivity contribution is 0.283. The van der Waals surface area contributed by atoms with Gasteiger partial charge in [0, 0.05) is 6.42 Å². The Kier molecular flexibility index (Phi) is 3.38. The van der Waals surface area contributed by atoms with Gasteiger partial charge in [-0.05, 0) is 37.8 Å². The van der Waals surface area contributed by atoms with Gasteiger partial charge in [-0.2, -0.15) is 5.26 Å². The molecule has 0 bridgehead atoms. The van der Waals surface area contributed by atoms with Crippen molar-refractivity contribution in [1.29, 1.82) is 5.26 Å². The summed E-state index contributed by atoms with van der Waals surface area (Å²) in [5.74, 6) is 1.32. The summed E-state index contributed by atoms with van der Waals surface area (Å²) >= 11 is 0. The third-order valence-corrected chi connectivity index (χ3v) is 2.55. The lowest BCUT2D eigenvalue weighted by Gasteiger charge is -2.26. The van der Waals surface area contributed by atoms with E-state index in [0.717, 1.165) is 19.0 Å². The third-order valence-electron chi connectivity index (χ3n) is 2.55. The predicted molar refractivity (Wildman–Crippen MR) is 45.0 cm³/mol. The quantitative estimate of drug-likeness (QED) is 0.651. The first-order chi connectivity index (χ1) is 5.34. The molecule has 1 N–H and O–H groups in total. The van der Waals surface area contributed by atoms with Crippen molar-refractivity contribution in [1.82, 2.24) is 5.32 Å². The molecule has 2 heteroatoms. The maximum atomic E-state index is 8.50. The highest BCUT2D eigenvalue weighted by atomic mass is 14.9. The van der Waals surface area contributed by atoms with Gasteiger partial charge in [-0.25, -0.2) is 0 Å². The van der Waals surface area contributed by atoms with Gasteiger partial charge in [0.2, 0.25) is 0 Å². The molecule has 1 fully saturated rings. The summed E-state index contributed by atoms with van der Waals surface area (Å²) < 4.78 is 0. The summed E-state index contributed by atoms with van der Waals surface area (Å²) in [7, 11) is 0. The van der Waals surface area contributed by atoms with E-state index in [9.17, 15) is 0 Å². The first-order valence-corrected chi connectivity index (χ1v) is 4.42. The zero-order valence-electron chi connectivity index (χ0n) is 7.14. The Morgan fingerprint density at radius 1 is 1.73 bits per heavy atom. The second kappa shape index (κ2) is 4.35. The number of nitrogens with zero attached hydrogens (tertiary/aromatic N) is 1. The third kappa shape index (κ3) is 2.51. The molecule has 2 atom stereocenters. The Labute approximate surface area is 68.6 Å². The summed E-state index contributed by atoms with van der Waals surface area (Å²) in [5.41, 5.74) is 0. The van der Waals surface area contributed by atoms with Gasteiger partial charge in [-0.1, -0.05) is 6.92 Å². The molecule has 1 saturated heterocycles. The van der Waals surface area contributed by atoms with Gasteiger partial charge in [0.15, 0.2) is 0 Å². The van der Waals surface area contributed by atoms with E-state index < -0.39 is 0 Å².